The Hall–Kier alpha value is -1.93. The highest BCUT2D eigenvalue weighted by Crippen LogP contribution is 2.27. The molecule has 2 rings (SSSR count). The molecule has 1 N–H and O–H groups in total. The molecule has 0 aliphatic carbocycles. The van der Waals surface area contributed by atoms with Crippen molar-refractivity contribution in [3.8, 4) is 0 Å². The first-order valence-corrected chi connectivity index (χ1v) is 7.88. The number of hydrogen-bond acceptors (Lipinski definition) is 5. The van der Waals surface area contributed by atoms with Gasteiger partial charge < -0.3 is 5.11 Å². The predicted molar refractivity (Wildman–Crippen MR) is 75.8 cm³/mol. The largest absolute Gasteiger partial charge is 0.476 e. The quantitative estimate of drug-likeness (QED) is 0.932. The van der Waals surface area contributed by atoms with Crippen LogP contribution in [0.3, 0.4) is 0 Å². The van der Waals surface area contributed by atoms with Gasteiger partial charge in [-0.05, 0) is 24.6 Å². The highest BCUT2D eigenvalue weighted by atomic mass is 32.2. The average Bonchev–Trinajstić information content (AvgIpc) is 2.87. The average molecular weight is 312 g/mol. The summed E-state index contributed by atoms with van der Waals surface area (Å²) in [6.07, 6.45) is 0. The zero-order chi connectivity index (χ0) is 14.9. The zero-order valence-electron chi connectivity index (χ0n) is 10.8. The fourth-order valence-corrected chi connectivity index (χ4v) is 4.13. The number of hydrogen-bond donors (Lipinski definition) is 1. The molecule has 20 heavy (non-hydrogen) atoms. The summed E-state index contributed by atoms with van der Waals surface area (Å²) in [6.45, 7) is 1.85. The van der Waals surface area contributed by atoms with Gasteiger partial charge in [0.2, 0.25) is 0 Å². The molecule has 0 unspecified atom stereocenters. The molecule has 0 spiro atoms. The van der Waals surface area contributed by atoms with Crippen molar-refractivity contribution in [1.29, 1.82) is 0 Å². The van der Waals surface area contributed by atoms with E-state index >= 15 is 0 Å². The fraction of sp³-hybridized carbons (Fsp3) is 0.167. The molecule has 106 valence electrons. The molecule has 8 heteroatoms. The maximum Gasteiger partial charge on any atom is 0.356 e. The molecule has 0 aliphatic rings. The number of sulfonamides is 1. The van der Waals surface area contributed by atoms with Crippen LogP contribution in [-0.2, 0) is 10.0 Å². The third kappa shape index (κ3) is 2.52. The number of thiazole rings is 1. The van der Waals surface area contributed by atoms with Gasteiger partial charge >= 0.3 is 5.97 Å². The maximum absolute atomic E-state index is 12.5. The lowest BCUT2D eigenvalue weighted by Crippen LogP contribution is -2.27. The third-order valence-corrected chi connectivity index (χ3v) is 5.83. The Bertz CT molecular complexity index is 752. The van der Waals surface area contributed by atoms with E-state index in [9.17, 15) is 13.2 Å². The van der Waals surface area contributed by atoms with E-state index in [1.54, 1.807) is 18.2 Å². The predicted octanol–water partition coefficient (Wildman–Crippen LogP) is 1.97. The number of anilines is 1. The molecule has 0 radical (unpaired) electrons. The monoisotopic (exact) mass is 312 g/mol. The smallest absolute Gasteiger partial charge is 0.356 e. The number of benzene rings is 1. The van der Waals surface area contributed by atoms with Crippen molar-refractivity contribution < 1.29 is 18.3 Å². The lowest BCUT2D eigenvalue weighted by Gasteiger charge is -2.19. The van der Waals surface area contributed by atoms with Gasteiger partial charge in [-0.1, -0.05) is 12.1 Å². The van der Waals surface area contributed by atoms with E-state index in [-0.39, 0.29) is 4.21 Å². The van der Waals surface area contributed by atoms with Crippen LogP contribution >= 0.6 is 11.3 Å². The second-order valence-corrected chi connectivity index (χ2v) is 7.12. The van der Waals surface area contributed by atoms with Gasteiger partial charge in [0.15, 0.2) is 9.90 Å². The summed E-state index contributed by atoms with van der Waals surface area (Å²) in [7, 11) is -2.55. The molecule has 0 saturated heterocycles. The summed E-state index contributed by atoms with van der Waals surface area (Å²) in [6, 6.07) is 6.94. The highest BCUT2D eigenvalue weighted by molar-refractivity contribution is 7.94. The number of aryl methyl sites for hydroxylation is 1. The van der Waals surface area contributed by atoms with Crippen molar-refractivity contribution in [2.24, 2.45) is 0 Å². The van der Waals surface area contributed by atoms with Crippen LogP contribution in [0.4, 0.5) is 5.69 Å². The Labute approximate surface area is 120 Å². The molecule has 0 amide bonds. The molecule has 1 heterocycles. The Morgan fingerprint density at radius 1 is 1.40 bits per heavy atom. The van der Waals surface area contributed by atoms with Crippen molar-refractivity contribution in [3.63, 3.8) is 0 Å². The number of carboxylic acid groups (broad SMARTS) is 1. The van der Waals surface area contributed by atoms with E-state index in [1.165, 1.54) is 12.6 Å². The topological polar surface area (TPSA) is 87.6 Å². The Kier molecular flexibility index (Phi) is 3.78. The van der Waals surface area contributed by atoms with Gasteiger partial charge in [0, 0.05) is 7.05 Å². The van der Waals surface area contributed by atoms with Crippen LogP contribution in [0.15, 0.2) is 34.0 Å². The fourth-order valence-electron chi connectivity index (χ4n) is 1.65. The van der Waals surface area contributed by atoms with Crippen LogP contribution < -0.4 is 4.31 Å². The van der Waals surface area contributed by atoms with Gasteiger partial charge in [-0.2, -0.15) is 0 Å². The molecule has 2 aromatic rings. The first kappa shape index (κ1) is 14.5. The lowest BCUT2D eigenvalue weighted by atomic mass is 10.2. The van der Waals surface area contributed by atoms with Crippen molar-refractivity contribution in [3.05, 3.63) is 41.0 Å². The van der Waals surface area contributed by atoms with Crippen LogP contribution in [-0.4, -0.2) is 31.5 Å². The normalized spacial score (nSPS) is 11.3. The summed E-state index contributed by atoms with van der Waals surface area (Å²) < 4.78 is 25.7. The minimum atomic E-state index is -3.93. The van der Waals surface area contributed by atoms with Crippen LogP contribution in [0.25, 0.3) is 0 Å². The van der Waals surface area contributed by atoms with Gasteiger partial charge in [-0.15, -0.1) is 11.3 Å². The van der Waals surface area contributed by atoms with Gasteiger partial charge in [0.05, 0.1) is 11.2 Å². The number of aromatic nitrogens is 1. The number of nitrogens with zero attached hydrogens (tertiary/aromatic N) is 2. The molecule has 1 aromatic carbocycles. The molecular weight excluding hydrogens is 300 g/mol. The Morgan fingerprint density at radius 3 is 2.70 bits per heavy atom. The van der Waals surface area contributed by atoms with Crippen LogP contribution in [0.1, 0.15) is 16.1 Å². The molecule has 0 atom stereocenters. The van der Waals surface area contributed by atoms with Crippen LogP contribution in [0, 0.1) is 6.92 Å². The lowest BCUT2D eigenvalue weighted by molar-refractivity contribution is 0.0687. The molecule has 0 saturated carbocycles. The maximum atomic E-state index is 12.5. The summed E-state index contributed by atoms with van der Waals surface area (Å²) >= 11 is 0.790. The van der Waals surface area contributed by atoms with Crippen molar-refractivity contribution in [2.75, 3.05) is 11.4 Å². The Morgan fingerprint density at radius 2 is 2.10 bits per heavy atom. The number of rotatable bonds is 4. The second-order valence-electron chi connectivity index (χ2n) is 4.11. The van der Waals surface area contributed by atoms with E-state index in [0.717, 1.165) is 21.2 Å². The van der Waals surface area contributed by atoms with Gasteiger partial charge in [0.1, 0.15) is 0 Å². The van der Waals surface area contributed by atoms with E-state index in [1.807, 2.05) is 13.0 Å². The second kappa shape index (κ2) is 5.22. The van der Waals surface area contributed by atoms with Crippen molar-refractivity contribution >= 4 is 33.0 Å². The van der Waals surface area contributed by atoms with Crippen LogP contribution in [0.5, 0.6) is 0 Å². The standard InChI is InChI=1S/C12H12N2O4S2/c1-8-4-3-5-9(6-8)14(2)20(17,18)12-10(11(15)16)13-7-19-12/h3-7H,1-2H3,(H,15,16). The van der Waals surface area contributed by atoms with Crippen molar-refractivity contribution in [2.45, 2.75) is 11.1 Å². The molecule has 0 aliphatic heterocycles. The SMILES string of the molecule is Cc1cccc(N(C)S(=O)(=O)c2scnc2C(=O)O)c1. The van der Waals surface area contributed by atoms with Gasteiger partial charge in [-0.25, -0.2) is 18.2 Å². The molecule has 6 nitrogen and oxygen atoms in total. The summed E-state index contributed by atoms with van der Waals surface area (Å²) in [5.41, 5.74) is 2.14. The molecule has 0 fully saturated rings. The van der Waals surface area contributed by atoms with E-state index in [4.69, 9.17) is 5.11 Å². The van der Waals surface area contributed by atoms with E-state index < -0.39 is 21.7 Å². The Balaban J connectivity index is 2.50. The summed E-state index contributed by atoms with van der Waals surface area (Å²) in [4.78, 5) is 14.6. The zero-order valence-corrected chi connectivity index (χ0v) is 12.4. The third-order valence-electron chi connectivity index (χ3n) is 2.70. The van der Waals surface area contributed by atoms with Gasteiger partial charge in [0.25, 0.3) is 10.0 Å². The first-order valence-electron chi connectivity index (χ1n) is 5.56. The molecular formula is C12H12N2O4S2. The van der Waals surface area contributed by atoms with E-state index in [0.29, 0.717) is 5.69 Å². The molecule has 0 bridgehead atoms. The minimum absolute atomic E-state index is 0.269. The van der Waals surface area contributed by atoms with Gasteiger partial charge in [-0.3, -0.25) is 4.31 Å². The van der Waals surface area contributed by atoms with Crippen molar-refractivity contribution in [1.82, 2.24) is 4.98 Å². The summed E-state index contributed by atoms with van der Waals surface area (Å²) in [5.74, 6) is -1.36. The molecule has 1 aromatic heterocycles. The van der Waals surface area contributed by atoms with E-state index in [2.05, 4.69) is 4.98 Å². The summed E-state index contributed by atoms with van der Waals surface area (Å²) in [5, 5.41) is 8.98. The minimum Gasteiger partial charge on any atom is -0.476 e. The number of carboxylic acids is 1. The van der Waals surface area contributed by atoms with Crippen LogP contribution in [0.2, 0.25) is 0 Å². The first-order chi connectivity index (χ1) is 9.34. The number of aromatic carboxylic acids is 1. The highest BCUT2D eigenvalue weighted by Gasteiger charge is 2.29. The number of carbonyl (C=O) groups is 1.